The highest BCUT2D eigenvalue weighted by molar-refractivity contribution is 6.30. The molecule has 0 radical (unpaired) electrons. The monoisotopic (exact) mass is 352 g/mol. The molecule has 0 spiro atoms. The lowest BCUT2D eigenvalue weighted by molar-refractivity contribution is 0.102. The number of hydrogen-bond acceptors (Lipinski definition) is 4. The van der Waals surface area contributed by atoms with Gasteiger partial charge in [0.1, 0.15) is 17.3 Å². The van der Waals surface area contributed by atoms with E-state index in [0.717, 1.165) is 11.3 Å². The molecule has 25 heavy (non-hydrogen) atoms. The topological polar surface area (TPSA) is 66.9 Å². The molecular formula is C19H17ClN4O. The van der Waals surface area contributed by atoms with Crippen LogP contribution in [0.25, 0.3) is 0 Å². The largest absolute Gasteiger partial charge is 0.340 e. The van der Waals surface area contributed by atoms with E-state index in [1.165, 1.54) is 0 Å². The Bertz CT molecular complexity index is 913. The molecule has 2 aromatic carbocycles. The molecule has 2 N–H and O–H groups in total. The quantitative estimate of drug-likeness (QED) is 0.711. The minimum Gasteiger partial charge on any atom is -0.340 e. The molecule has 0 aliphatic carbocycles. The summed E-state index contributed by atoms with van der Waals surface area (Å²) in [6, 6.07) is 16.4. The first kappa shape index (κ1) is 16.9. The molecule has 0 unspecified atom stereocenters. The standard InChI is InChI=1S/C19H17ClN4O/c1-12-8-9-14(20)10-16(12)24-18-11-17(21-13(2)22-18)19(25)23-15-6-4-3-5-7-15/h3-11H,1-2H3,(H,23,25)(H,21,22,24). The number of nitrogens with one attached hydrogen (secondary N) is 2. The van der Waals surface area contributed by atoms with Gasteiger partial charge in [0, 0.05) is 22.5 Å². The van der Waals surface area contributed by atoms with Crippen LogP contribution in [-0.4, -0.2) is 15.9 Å². The van der Waals surface area contributed by atoms with Crippen molar-refractivity contribution in [1.29, 1.82) is 0 Å². The number of anilines is 3. The lowest BCUT2D eigenvalue weighted by Gasteiger charge is -2.11. The minimum atomic E-state index is -0.289. The van der Waals surface area contributed by atoms with Gasteiger partial charge in [-0.2, -0.15) is 0 Å². The number of nitrogens with zero attached hydrogens (tertiary/aromatic N) is 2. The van der Waals surface area contributed by atoms with E-state index in [-0.39, 0.29) is 5.91 Å². The zero-order chi connectivity index (χ0) is 17.8. The van der Waals surface area contributed by atoms with E-state index < -0.39 is 0 Å². The molecule has 5 nitrogen and oxygen atoms in total. The Morgan fingerprint density at radius 1 is 1.00 bits per heavy atom. The second kappa shape index (κ2) is 7.32. The van der Waals surface area contributed by atoms with Crippen LogP contribution in [0.5, 0.6) is 0 Å². The summed E-state index contributed by atoms with van der Waals surface area (Å²) >= 11 is 6.05. The van der Waals surface area contributed by atoms with Gasteiger partial charge in [0.2, 0.25) is 0 Å². The van der Waals surface area contributed by atoms with E-state index in [4.69, 9.17) is 11.6 Å². The second-order valence-corrected chi connectivity index (χ2v) is 6.03. The first-order valence-electron chi connectivity index (χ1n) is 7.76. The third-order valence-electron chi connectivity index (χ3n) is 3.56. The van der Waals surface area contributed by atoms with E-state index in [1.54, 1.807) is 13.0 Å². The van der Waals surface area contributed by atoms with Crippen LogP contribution in [0, 0.1) is 13.8 Å². The highest BCUT2D eigenvalue weighted by Crippen LogP contribution is 2.23. The maximum absolute atomic E-state index is 12.4. The average Bonchev–Trinajstić information content (AvgIpc) is 2.58. The van der Waals surface area contributed by atoms with Gasteiger partial charge in [0.15, 0.2) is 0 Å². The maximum Gasteiger partial charge on any atom is 0.274 e. The van der Waals surface area contributed by atoms with Crippen molar-refractivity contribution in [2.24, 2.45) is 0 Å². The molecule has 0 fully saturated rings. The predicted molar refractivity (Wildman–Crippen MR) is 101 cm³/mol. The molecule has 0 atom stereocenters. The number of rotatable bonds is 4. The lowest BCUT2D eigenvalue weighted by Crippen LogP contribution is -2.15. The molecular weight excluding hydrogens is 336 g/mol. The van der Waals surface area contributed by atoms with E-state index in [0.29, 0.717) is 28.0 Å². The van der Waals surface area contributed by atoms with Crippen molar-refractivity contribution in [2.45, 2.75) is 13.8 Å². The van der Waals surface area contributed by atoms with Crippen LogP contribution >= 0.6 is 11.6 Å². The van der Waals surface area contributed by atoms with Gasteiger partial charge in [-0.15, -0.1) is 0 Å². The van der Waals surface area contributed by atoms with Crippen LogP contribution in [0.2, 0.25) is 5.02 Å². The van der Waals surface area contributed by atoms with Crippen molar-refractivity contribution in [3.63, 3.8) is 0 Å². The van der Waals surface area contributed by atoms with Crippen LogP contribution in [0.4, 0.5) is 17.2 Å². The molecule has 6 heteroatoms. The highest BCUT2D eigenvalue weighted by atomic mass is 35.5. The van der Waals surface area contributed by atoms with Crippen LogP contribution in [0.1, 0.15) is 21.9 Å². The molecule has 0 saturated heterocycles. The number of aryl methyl sites for hydroxylation is 2. The number of amides is 1. The SMILES string of the molecule is Cc1nc(Nc2cc(Cl)ccc2C)cc(C(=O)Nc2ccccc2)n1. The van der Waals surface area contributed by atoms with Crippen LogP contribution < -0.4 is 10.6 Å². The first-order chi connectivity index (χ1) is 12.0. The summed E-state index contributed by atoms with van der Waals surface area (Å²) in [4.78, 5) is 21.0. The number of carbonyl (C=O) groups is 1. The number of aromatic nitrogens is 2. The Kier molecular flexibility index (Phi) is 4.95. The summed E-state index contributed by atoms with van der Waals surface area (Å²) < 4.78 is 0. The molecule has 0 saturated carbocycles. The van der Waals surface area contributed by atoms with Gasteiger partial charge in [0.25, 0.3) is 5.91 Å². The number of benzene rings is 2. The molecule has 1 amide bonds. The van der Waals surface area contributed by atoms with Crippen molar-refractivity contribution in [2.75, 3.05) is 10.6 Å². The molecule has 0 bridgehead atoms. The lowest BCUT2D eigenvalue weighted by atomic mass is 10.2. The summed E-state index contributed by atoms with van der Waals surface area (Å²) in [6.45, 7) is 3.71. The summed E-state index contributed by atoms with van der Waals surface area (Å²) in [7, 11) is 0. The molecule has 1 heterocycles. The number of halogens is 1. The van der Waals surface area contributed by atoms with Gasteiger partial charge in [0.05, 0.1) is 0 Å². The smallest absolute Gasteiger partial charge is 0.274 e. The van der Waals surface area contributed by atoms with E-state index in [9.17, 15) is 4.79 Å². The van der Waals surface area contributed by atoms with Crippen molar-refractivity contribution >= 4 is 34.7 Å². The van der Waals surface area contributed by atoms with E-state index >= 15 is 0 Å². The molecule has 0 aliphatic rings. The van der Waals surface area contributed by atoms with Crippen molar-refractivity contribution in [3.8, 4) is 0 Å². The first-order valence-corrected chi connectivity index (χ1v) is 8.14. The Hall–Kier alpha value is -2.92. The van der Waals surface area contributed by atoms with Crippen LogP contribution in [-0.2, 0) is 0 Å². The molecule has 3 aromatic rings. The normalized spacial score (nSPS) is 10.4. The van der Waals surface area contributed by atoms with Gasteiger partial charge >= 0.3 is 0 Å². The summed E-state index contributed by atoms with van der Waals surface area (Å²) in [6.07, 6.45) is 0. The number of hydrogen-bond donors (Lipinski definition) is 2. The second-order valence-electron chi connectivity index (χ2n) is 5.59. The fourth-order valence-electron chi connectivity index (χ4n) is 2.33. The molecule has 126 valence electrons. The number of para-hydroxylation sites is 1. The Balaban J connectivity index is 1.85. The predicted octanol–water partition coefficient (Wildman–Crippen LogP) is 4.74. The highest BCUT2D eigenvalue weighted by Gasteiger charge is 2.11. The Morgan fingerprint density at radius 2 is 1.76 bits per heavy atom. The van der Waals surface area contributed by atoms with Crippen molar-refractivity contribution < 1.29 is 4.79 Å². The average molecular weight is 353 g/mol. The third kappa shape index (κ3) is 4.33. The molecule has 3 rings (SSSR count). The fourth-order valence-corrected chi connectivity index (χ4v) is 2.50. The van der Waals surface area contributed by atoms with Gasteiger partial charge in [-0.3, -0.25) is 4.79 Å². The summed E-state index contributed by atoms with van der Waals surface area (Å²) in [5.74, 6) is 0.751. The molecule has 0 aliphatic heterocycles. The Labute approximate surface area is 151 Å². The Morgan fingerprint density at radius 3 is 2.52 bits per heavy atom. The maximum atomic E-state index is 12.4. The zero-order valence-corrected chi connectivity index (χ0v) is 14.6. The van der Waals surface area contributed by atoms with Gasteiger partial charge in [-0.1, -0.05) is 35.9 Å². The fraction of sp³-hybridized carbons (Fsp3) is 0.105. The minimum absolute atomic E-state index is 0.289. The third-order valence-corrected chi connectivity index (χ3v) is 3.80. The van der Waals surface area contributed by atoms with Gasteiger partial charge in [-0.05, 0) is 43.7 Å². The zero-order valence-electron chi connectivity index (χ0n) is 13.9. The van der Waals surface area contributed by atoms with Crippen molar-refractivity contribution in [1.82, 2.24) is 9.97 Å². The van der Waals surface area contributed by atoms with Crippen molar-refractivity contribution in [3.05, 3.63) is 76.7 Å². The van der Waals surface area contributed by atoms with Gasteiger partial charge in [-0.25, -0.2) is 9.97 Å². The van der Waals surface area contributed by atoms with E-state index in [2.05, 4.69) is 20.6 Å². The number of carbonyl (C=O) groups excluding carboxylic acids is 1. The van der Waals surface area contributed by atoms with Gasteiger partial charge < -0.3 is 10.6 Å². The van der Waals surface area contributed by atoms with Crippen LogP contribution in [0.15, 0.2) is 54.6 Å². The summed E-state index contributed by atoms with van der Waals surface area (Å²) in [5, 5.41) is 6.64. The summed E-state index contributed by atoms with van der Waals surface area (Å²) in [5.41, 5.74) is 2.86. The van der Waals surface area contributed by atoms with Crippen LogP contribution in [0.3, 0.4) is 0 Å². The molecule has 1 aromatic heterocycles. The van der Waals surface area contributed by atoms with E-state index in [1.807, 2.05) is 55.5 Å².